The zero-order chi connectivity index (χ0) is 14.3. The number of nitrogens with zero attached hydrogens (tertiary/aromatic N) is 1. The summed E-state index contributed by atoms with van der Waals surface area (Å²) >= 11 is 1.64. The molecule has 0 fully saturated rings. The SMILES string of the molecule is c1ccc(C(CNCc2cscn2)c2ccccc2)cc1. The largest absolute Gasteiger partial charge is 0.310 e. The van der Waals surface area contributed by atoms with Crippen molar-refractivity contribution in [2.24, 2.45) is 0 Å². The van der Waals surface area contributed by atoms with Crippen LogP contribution in [0.4, 0.5) is 0 Å². The molecule has 0 radical (unpaired) electrons. The molecule has 0 saturated carbocycles. The molecule has 0 unspecified atom stereocenters. The van der Waals surface area contributed by atoms with Crippen LogP contribution in [-0.4, -0.2) is 11.5 Å². The molecule has 0 aliphatic heterocycles. The lowest BCUT2D eigenvalue weighted by Crippen LogP contribution is -2.22. The predicted molar refractivity (Wildman–Crippen MR) is 88.5 cm³/mol. The lowest BCUT2D eigenvalue weighted by Gasteiger charge is -2.18. The number of hydrogen-bond acceptors (Lipinski definition) is 3. The van der Waals surface area contributed by atoms with Gasteiger partial charge in [0, 0.05) is 24.4 Å². The van der Waals surface area contributed by atoms with E-state index in [0.717, 1.165) is 18.8 Å². The second-order valence-corrected chi connectivity index (χ2v) is 5.70. The Balaban J connectivity index is 1.73. The molecule has 1 heterocycles. The van der Waals surface area contributed by atoms with Gasteiger partial charge in [0.1, 0.15) is 0 Å². The summed E-state index contributed by atoms with van der Waals surface area (Å²) in [6.07, 6.45) is 0. The Bertz CT molecular complexity index is 596. The van der Waals surface area contributed by atoms with Gasteiger partial charge in [0.15, 0.2) is 0 Å². The molecule has 3 aromatic rings. The first-order chi connectivity index (χ1) is 10.4. The standard InChI is InChI=1S/C18H18N2S/c1-3-7-15(8-4-1)18(16-9-5-2-6-10-16)12-19-11-17-13-21-14-20-17/h1-10,13-14,18-19H,11-12H2. The molecule has 0 bridgehead atoms. The highest BCUT2D eigenvalue weighted by Crippen LogP contribution is 2.23. The summed E-state index contributed by atoms with van der Waals surface area (Å²) in [4.78, 5) is 4.31. The summed E-state index contributed by atoms with van der Waals surface area (Å²) in [5, 5.41) is 5.62. The van der Waals surface area contributed by atoms with E-state index in [1.54, 1.807) is 11.3 Å². The number of rotatable bonds is 6. The molecular formula is C18H18N2S. The van der Waals surface area contributed by atoms with Gasteiger partial charge in [-0.15, -0.1) is 11.3 Å². The van der Waals surface area contributed by atoms with Crippen molar-refractivity contribution in [3.8, 4) is 0 Å². The van der Waals surface area contributed by atoms with Gasteiger partial charge >= 0.3 is 0 Å². The smallest absolute Gasteiger partial charge is 0.0795 e. The number of benzene rings is 2. The molecule has 0 aliphatic rings. The van der Waals surface area contributed by atoms with E-state index in [4.69, 9.17) is 0 Å². The van der Waals surface area contributed by atoms with E-state index in [9.17, 15) is 0 Å². The third kappa shape index (κ3) is 3.78. The number of aromatic nitrogens is 1. The van der Waals surface area contributed by atoms with E-state index in [1.807, 2.05) is 5.51 Å². The molecule has 3 heteroatoms. The lowest BCUT2D eigenvalue weighted by molar-refractivity contribution is 0.629. The maximum atomic E-state index is 4.31. The Kier molecular flexibility index (Phi) is 4.77. The van der Waals surface area contributed by atoms with Gasteiger partial charge in [-0.05, 0) is 11.1 Å². The van der Waals surface area contributed by atoms with Crippen LogP contribution >= 0.6 is 11.3 Å². The van der Waals surface area contributed by atoms with Gasteiger partial charge < -0.3 is 5.32 Å². The predicted octanol–water partition coefficient (Wildman–Crippen LogP) is 4.06. The van der Waals surface area contributed by atoms with E-state index in [1.165, 1.54) is 11.1 Å². The molecule has 0 spiro atoms. The highest BCUT2D eigenvalue weighted by molar-refractivity contribution is 7.07. The molecule has 0 atom stereocenters. The van der Waals surface area contributed by atoms with E-state index >= 15 is 0 Å². The quantitative estimate of drug-likeness (QED) is 0.741. The second-order valence-electron chi connectivity index (χ2n) is 4.98. The molecule has 1 N–H and O–H groups in total. The first-order valence-corrected chi connectivity index (χ1v) is 8.05. The van der Waals surface area contributed by atoms with Crippen molar-refractivity contribution in [3.05, 3.63) is 88.4 Å². The third-order valence-electron chi connectivity index (χ3n) is 3.54. The fourth-order valence-electron chi connectivity index (χ4n) is 2.47. The van der Waals surface area contributed by atoms with E-state index in [0.29, 0.717) is 5.92 Å². The van der Waals surface area contributed by atoms with E-state index < -0.39 is 0 Å². The summed E-state index contributed by atoms with van der Waals surface area (Å²) < 4.78 is 0. The molecular weight excluding hydrogens is 276 g/mol. The fraction of sp³-hybridized carbons (Fsp3) is 0.167. The number of nitrogens with one attached hydrogen (secondary N) is 1. The maximum absolute atomic E-state index is 4.31. The molecule has 2 aromatic carbocycles. The second kappa shape index (κ2) is 7.16. The van der Waals surface area contributed by atoms with Crippen molar-refractivity contribution in [1.82, 2.24) is 10.3 Å². The van der Waals surface area contributed by atoms with Crippen molar-refractivity contribution < 1.29 is 0 Å². The van der Waals surface area contributed by atoms with Gasteiger partial charge in [-0.25, -0.2) is 4.98 Å². The van der Waals surface area contributed by atoms with Crippen LogP contribution in [0, 0.1) is 0 Å². The molecule has 21 heavy (non-hydrogen) atoms. The summed E-state index contributed by atoms with van der Waals surface area (Å²) in [5.74, 6) is 0.367. The lowest BCUT2D eigenvalue weighted by atomic mass is 9.91. The van der Waals surface area contributed by atoms with Crippen LogP contribution in [-0.2, 0) is 6.54 Å². The van der Waals surface area contributed by atoms with Gasteiger partial charge in [0.25, 0.3) is 0 Å². The highest BCUT2D eigenvalue weighted by Gasteiger charge is 2.13. The van der Waals surface area contributed by atoms with Crippen molar-refractivity contribution in [2.75, 3.05) is 6.54 Å². The van der Waals surface area contributed by atoms with Crippen molar-refractivity contribution in [3.63, 3.8) is 0 Å². The molecule has 1 aromatic heterocycles. The number of hydrogen-bond donors (Lipinski definition) is 1. The van der Waals surface area contributed by atoms with Gasteiger partial charge in [-0.3, -0.25) is 0 Å². The molecule has 3 rings (SSSR count). The van der Waals surface area contributed by atoms with Crippen LogP contribution in [0.25, 0.3) is 0 Å². The maximum Gasteiger partial charge on any atom is 0.0795 e. The van der Waals surface area contributed by atoms with Crippen molar-refractivity contribution in [2.45, 2.75) is 12.5 Å². The van der Waals surface area contributed by atoms with Crippen LogP contribution in [0.3, 0.4) is 0 Å². The zero-order valence-electron chi connectivity index (χ0n) is 11.8. The first kappa shape index (κ1) is 14.0. The van der Waals surface area contributed by atoms with Gasteiger partial charge in [0.2, 0.25) is 0 Å². The Morgan fingerprint density at radius 2 is 1.52 bits per heavy atom. The summed E-state index contributed by atoms with van der Waals surface area (Å²) in [6, 6.07) is 21.3. The van der Waals surface area contributed by atoms with Crippen LogP contribution in [0.15, 0.2) is 71.6 Å². The summed E-state index contributed by atoms with van der Waals surface area (Å²) in [6.45, 7) is 1.73. The molecule has 106 valence electrons. The van der Waals surface area contributed by atoms with Gasteiger partial charge in [0.05, 0.1) is 11.2 Å². The van der Waals surface area contributed by atoms with Crippen LogP contribution < -0.4 is 5.32 Å². The minimum Gasteiger partial charge on any atom is -0.310 e. The summed E-state index contributed by atoms with van der Waals surface area (Å²) in [5.41, 5.74) is 5.67. The Morgan fingerprint density at radius 1 is 0.905 bits per heavy atom. The van der Waals surface area contributed by atoms with Crippen molar-refractivity contribution in [1.29, 1.82) is 0 Å². The van der Waals surface area contributed by atoms with Gasteiger partial charge in [-0.1, -0.05) is 60.7 Å². The van der Waals surface area contributed by atoms with E-state index in [-0.39, 0.29) is 0 Å². The highest BCUT2D eigenvalue weighted by atomic mass is 32.1. The molecule has 0 amide bonds. The van der Waals surface area contributed by atoms with Crippen LogP contribution in [0.5, 0.6) is 0 Å². The molecule has 0 aliphatic carbocycles. The van der Waals surface area contributed by atoms with Gasteiger partial charge in [-0.2, -0.15) is 0 Å². The monoisotopic (exact) mass is 294 g/mol. The Morgan fingerprint density at radius 3 is 2.05 bits per heavy atom. The summed E-state index contributed by atoms with van der Waals surface area (Å²) in [7, 11) is 0. The Labute approximate surface area is 129 Å². The Hall–Kier alpha value is -1.97. The number of thiazole rings is 1. The minimum atomic E-state index is 0.367. The normalized spacial score (nSPS) is 10.9. The van der Waals surface area contributed by atoms with E-state index in [2.05, 4.69) is 76.3 Å². The molecule has 0 saturated heterocycles. The average molecular weight is 294 g/mol. The van der Waals surface area contributed by atoms with Crippen LogP contribution in [0.1, 0.15) is 22.7 Å². The van der Waals surface area contributed by atoms with Crippen molar-refractivity contribution >= 4 is 11.3 Å². The average Bonchev–Trinajstić information content (AvgIpc) is 3.07. The minimum absolute atomic E-state index is 0.367. The topological polar surface area (TPSA) is 24.9 Å². The fourth-order valence-corrected chi connectivity index (χ4v) is 3.03. The zero-order valence-corrected chi connectivity index (χ0v) is 12.6. The molecule has 2 nitrogen and oxygen atoms in total. The van der Waals surface area contributed by atoms with Crippen LogP contribution in [0.2, 0.25) is 0 Å². The first-order valence-electron chi connectivity index (χ1n) is 7.11. The third-order valence-corrected chi connectivity index (χ3v) is 4.18.